The van der Waals surface area contributed by atoms with Crippen molar-refractivity contribution in [3.8, 4) is 0 Å². The van der Waals surface area contributed by atoms with Crippen LogP contribution in [0.5, 0.6) is 0 Å². The normalized spacial score (nSPS) is 15.2. The van der Waals surface area contributed by atoms with Crippen molar-refractivity contribution < 1.29 is 0 Å². The molecule has 3 heterocycles. The number of aromatic nitrogens is 4. The van der Waals surface area contributed by atoms with E-state index >= 15 is 0 Å². The van der Waals surface area contributed by atoms with E-state index in [0.29, 0.717) is 5.92 Å². The minimum absolute atomic E-state index is 0.700. The molecule has 0 amide bonds. The van der Waals surface area contributed by atoms with Gasteiger partial charge in [0.1, 0.15) is 16.7 Å². The standard InChI is InChI=1S/C21H25N5S/c1-25-12-9-23-19(25)13-17-7-10-26(11-8-17)20-14-22-15-21(24-20)27-16-18-5-3-2-4-6-18/h2-6,9,12,14-15,17H,7-8,10-11,13,16H2,1H3. The molecule has 1 saturated heterocycles. The number of benzene rings is 1. The third kappa shape index (κ3) is 4.69. The maximum atomic E-state index is 4.84. The predicted octanol–water partition coefficient (Wildman–Crippen LogP) is 3.96. The second kappa shape index (κ2) is 8.57. The van der Waals surface area contributed by atoms with Gasteiger partial charge >= 0.3 is 0 Å². The van der Waals surface area contributed by atoms with Crippen molar-refractivity contribution in [3.05, 3.63) is 66.5 Å². The highest BCUT2D eigenvalue weighted by Gasteiger charge is 2.22. The van der Waals surface area contributed by atoms with Crippen LogP contribution in [0, 0.1) is 5.92 Å². The molecular weight excluding hydrogens is 354 g/mol. The van der Waals surface area contributed by atoms with Gasteiger partial charge in [0.05, 0.1) is 12.4 Å². The number of thioether (sulfide) groups is 1. The van der Waals surface area contributed by atoms with E-state index < -0.39 is 0 Å². The molecule has 27 heavy (non-hydrogen) atoms. The Hall–Kier alpha value is -2.34. The average Bonchev–Trinajstić information content (AvgIpc) is 3.12. The van der Waals surface area contributed by atoms with Crippen LogP contribution in [-0.2, 0) is 19.2 Å². The molecular formula is C21H25N5S. The highest BCUT2D eigenvalue weighted by Crippen LogP contribution is 2.26. The smallest absolute Gasteiger partial charge is 0.148 e. The Kier molecular flexibility index (Phi) is 5.72. The number of nitrogens with zero attached hydrogens (tertiary/aromatic N) is 5. The molecule has 5 nitrogen and oxygen atoms in total. The van der Waals surface area contributed by atoms with Crippen LogP contribution >= 0.6 is 11.8 Å². The largest absolute Gasteiger partial charge is 0.355 e. The van der Waals surface area contributed by atoms with Crippen LogP contribution in [0.4, 0.5) is 5.82 Å². The highest BCUT2D eigenvalue weighted by molar-refractivity contribution is 7.98. The molecule has 0 unspecified atom stereocenters. The minimum atomic E-state index is 0.700. The molecule has 6 heteroatoms. The molecule has 140 valence electrons. The summed E-state index contributed by atoms with van der Waals surface area (Å²) in [5.74, 6) is 3.81. The van der Waals surface area contributed by atoms with Crippen molar-refractivity contribution in [2.24, 2.45) is 13.0 Å². The van der Waals surface area contributed by atoms with Gasteiger partial charge in [-0.25, -0.2) is 9.97 Å². The van der Waals surface area contributed by atoms with Gasteiger partial charge in [-0.1, -0.05) is 30.3 Å². The zero-order chi connectivity index (χ0) is 18.5. The Morgan fingerprint density at radius 3 is 2.67 bits per heavy atom. The lowest BCUT2D eigenvalue weighted by molar-refractivity contribution is 0.392. The van der Waals surface area contributed by atoms with Crippen LogP contribution < -0.4 is 4.90 Å². The Balaban J connectivity index is 1.32. The summed E-state index contributed by atoms with van der Waals surface area (Å²) < 4.78 is 2.13. The topological polar surface area (TPSA) is 46.8 Å². The summed E-state index contributed by atoms with van der Waals surface area (Å²) in [6, 6.07) is 10.5. The van der Waals surface area contributed by atoms with Gasteiger partial charge in [-0.15, -0.1) is 11.8 Å². The van der Waals surface area contributed by atoms with Gasteiger partial charge < -0.3 is 9.47 Å². The van der Waals surface area contributed by atoms with Crippen LogP contribution in [0.25, 0.3) is 0 Å². The van der Waals surface area contributed by atoms with E-state index in [0.717, 1.165) is 36.1 Å². The number of aryl methyl sites for hydroxylation is 1. The molecule has 1 aliphatic heterocycles. The van der Waals surface area contributed by atoms with Crippen molar-refractivity contribution in [1.29, 1.82) is 0 Å². The molecule has 0 aliphatic carbocycles. The maximum Gasteiger partial charge on any atom is 0.148 e. The van der Waals surface area contributed by atoms with Crippen molar-refractivity contribution >= 4 is 17.6 Å². The van der Waals surface area contributed by atoms with E-state index in [4.69, 9.17) is 4.98 Å². The van der Waals surface area contributed by atoms with E-state index in [1.165, 1.54) is 24.2 Å². The molecule has 0 saturated carbocycles. The predicted molar refractivity (Wildman–Crippen MR) is 110 cm³/mol. The van der Waals surface area contributed by atoms with E-state index in [1.54, 1.807) is 11.8 Å². The third-order valence-electron chi connectivity index (χ3n) is 5.16. The molecule has 1 fully saturated rings. The van der Waals surface area contributed by atoms with Crippen molar-refractivity contribution in [2.75, 3.05) is 18.0 Å². The lowest BCUT2D eigenvalue weighted by Crippen LogP contribution is -2.35. The first-order chi connectivity index (χ1) is 13.3. The molecule has 0 radical (unpaired) electrons. The summed E-state index contributed by atoms with van der Waals surface area (Å²) in [7, 11) is 2.08. The summed E-state index contributed by atoms with van der Waals surface area (Å²) in [6.07, 6.45) is 11.1. The van der Waals surface area contributed by atoms with E-state index in [1.807, 2.05) is 30.9 Å². The monoisotopic (exact) mass is 379 g/mol. The van der Waals surface area contributed by atoms with Crippen LogP contribution in [-0.4, -0.2) is 32.6 Å². The van der Waals surface area contributed by atoms with Gasteiger partial charge in [-0.3, -0.25) is 4.98 Å². The van der Waals surface area contributed by atoms with Gasteiger partial charge in [-0.05, 0) is 24.3 Å². The number of piperidine rings is 1. The lowest BCUT2D eigenvalue weighted by Gasteiger charge is -2.32. The first kappa shape index (κ1) is 18.0. The van der Waals surface area contributed by atoms with Gasteiger partial charge in [-0.2, -0.15) is 0 Å². The Bertz CT molecular complexity index is 856. The fourth-order valence-corrected chi connectivity index (χ4v) is 4.31. The van der Waals surface area contributed by atoms with Crippen LogP contribution in [0.1, 0.15) is 24.2 Å². The summed E-state index contributed by atoms with van der Waals surface area (Å²) in [4.78, 5) is 16.1. The SMILES string of the molecule is Cn1ccnc1CC1CCN(c2cncc(SCc3ccccc3)n2)CC1. The van der Waals surface area contributed by atoms with Crippen molar-refractivity contribution in [3.63, 3.8) is 0 Å². The summed E-state index contributed by atoms with van der Waals surface area (Å²) in [5.41, 5.74) is 1.31. The summed E-state index contributed by atoms with van der Waals surface area (Å²) in [6.45, 7) is 2.08. The van der Waals surface area contributed by atoms with Crippen LogP contribution in [0.2, 0.25) is 0 Å². The quantitative estimate of drug-likeness (QED) is 0.607. The van der Waals surface area contributed by atoms with Crippen LogP contribution in [0.15, 0.2) is 60.1 Å². The Labute approximate surface area is 164 Å². The molecule has 1 aliphatic rings. The van der Waals surface area contributed by atoms with Gasteiger partial charge in [0.15, 0.2) is 0 Å². The number of imidazole rings is 1. The second-order valence-corrected chi connectivity index (χ2v) is 8.07. The Morgan fingerprint density at radius 2 is 1.93 bits per heavy atom. The fourth-order valence-electron chi connectivity index (χ4n) is 3.51. The maximum absolute atomic E-state index is 4.84. The molecule has 0 bridgehead atoms. The molecule has 4 rings (SSSR count). The molecule has 0 N–H and O–H groups in total. The molecule has 2 aromatic heterocycles. The van der Waals surface area contributed by atoms with Crippen molar-refractivity contribution in [1.82, 2.24) is 19.5 Å². The summed E-state index contributed by atoms with van der Waals surface area (Å²) >= 11 is 1.75. The van der Waals surface area contributed by atoms with Gasteiger partial charge in [0.25, 0.3) is 0 Å². The average molecular weight is 380 g/mol. The lowest BCUT2D eigenvalue weighted by atomic mass is 9.93. The summed E-state index contributed by atoms with van der Waals surface area (Å²) in [5, 5.41) is 0.992. The molecule has 3 aromatic rings. The van der Waals surface area contributed by atoms with E-state index in [-0.39, 0.29) is 0 Å². The van der Waals surface area contributed by atoms with Gasteiger partial charge in [0, 0.05) is 44.7 Å². The van der Waals surface area contributed by atoms with Gasteiger partial charge in [0.2, 0.25) is 0 Å². The fraction of sp³-hybridized carbons (Fsp3) is 0.381. The number of rotatable bonds is 6. The second-order valence-electron chi connectivity index (χ2n) is 7.08. The van der Waals surface area contributed by atoms with Crippen molar-refractivity contribution in [2.45, 2.75) is 30.0 Å². The zero-order valence-electron chi connectivity index (χ0n) is 15.7. The van der Waals surface area contributed by atoms with E-state index in [9.17, 15) is 0 Å². The number of hydrogen-bond acceptors (Lipinski definition) is 5. The Morgan fingerprint density at radius 1 is 1.11 bits per heavy atom. The molecule has 0 atom stereocenters. The number of hydrogen-bond donors (Lipinski definition) is 0. The zero-order valence-corrected chi connectivity index (χ0v) is 16.5. The van der Waals surface area contributed by atoms with Crippen LogP contribution in [0.3, 0.4) is 0 Å². The molecule has 1 aromatic carbocycles. The third-order valence-corrected chi connectivity index (χ3v) is 6.13. The molecule has 0 spiro atoms. The minimum Gasteiger partial charge on any atom is -0.355 e. The first-order valence-corrected chi connectivity index (χ1v) is 10.5. The highest BCUT2D eigenvalue weighted by atomic mass is 32.2. The number of anilines is 1. The first-order valence-electron chi connectivity index (χ1n) is 9.48. The van der Waals surface area contributed by atoms with E-state index in [2.05, 4.69) is 50.7 Å².